The smallest absolute Gasteiger partial charge is 0.149 e. The molecule has 226 valence electrons. The molecule has 0 aromatic heterocycles. The Morgan fingerprint density at radius 1 is 0.468 bits per heavy atom. The molecule has 0 saturated heterocycles. The van der Waals surface area contributed by atoms with Gasteiger partial charge in [0.25, 0.3) is 0 Å². The van der Waals surface area contributed by atoms with Crippen LogP contribution in [0.1, 0.15) is 0 Å². The van der Waals surface area contributed by atoms with Crippen LogP contribution in [-0.2, 0) is 0 Å². The van der Waals surface area contributed by atoms with Crippen molar-refractivity contribution in [2.45, 2.75) is 11.9 Å². The summed E-state index contributed by atoms with van der Waals surface area (Å²) in [7, 11) is -0.816. The first-order valence-electron chi connectivity index (χ1n) is 16.4. The van der Waals surface area contributed by atoms with Crippen LogP contribution in [0.5, 0.6) is 0 Å². The maximum atomic E-state index is 5.47. The van der Waals surface area contributed by atoms with E-state index in [9.17, 15) is 0 Å². The van der Waals surface area contributed by atoms with Crippen LogP contribution >= 0.6 is 7.92 Å². The molecule has 0 amide bonds. The highest BCUT2D eigenvalue weighted by molar-refractivity contribution is 7.73. The predicted octanol–water partition coefficient (Wildman–Crippen LogP) is 6.24. The monoisotopic (exact) mass is 621 g/mol. The summed E-state index contributed by atoms with van der Waals surface area (Å²) >= 11 is 0. The number of aliphatic imine (C=N–C) groups is 1. The lowest BCUT2D eigenvalue weighted by Gasteiger charge is -2.44. The van der Waals surface area contributed by atoms with Gasteiger partial charge >= 0.3 is 0 Å². The zero-order valence-electron chi connectivity index (χ0n) is 26.1. The first-order valence-corrected chi connectivity index (χ1v) is 17.8. The molecule has 0 fully saturated rings. The molecule has 6 aromatic rings. The Hall–Kier alpha value is -5.24. The van der Waals surface area contributed by atoms with E-state index in [1.54, 1.807) is 0 Å². The molecule has 0 saturated carbocycles. The summed E-state index contributed by atoms with van der Waals surface area (Å²) in [6, 6.07) is 64.4. The van der Waals surface area contributed by atoms with E-state index in [1.165, 1.54) is 38.1 Å². The standard InChI is InChI=1S/C43H35BN2P/c1-6-18-34(19-7-1)44(35-20-8-2-9-21-35,36-22-10-3-11-23-36)37-30-32-38(33-31-37)46-42-29-17-16-28-41(42)45-43(46)47(39-24-12-4-13-25-39)40-26-14-5-15-27-40/h1-33,42-43H/q-1. The van der Waals surface area contributed by atoms with E-state index in [0.29, 0.717) is 0 Å². The number of rotatable bonds is 8. The molecule has 47 heavy (non-hydrogen) atoms. The van der Waals surface area contributed by atoms with Gasteiger partial charge in [0.15, 0.2) is 0 Å². The van der Waals surface area contributed by atoms with E-state index in [4.69, 9.17) is 4.99 Å². The fraction of sp³-hybridized carbons (Fsp3) is 0.0465. The van der Waals surface area contributed by atoms with Gasteiger partial charge in [-0.2, -0.15) is 21.9 Å². The van der Waals surface area contributed by atoms with Gasteiger partial charge in [-0.1, -0.05) is 182 Å². The maximum Gasteiger partial charge on any atom is 0.149 e. The Kier molecular flexibility index (Phi) is 7.99. The first-order chi connectivity index (χ1) is 23.3. The van der Waals surface area contributed by atoms with Gasteiger partial charge in [0.05, 0.1) is 11.8 Å². The SMILES string of the molecule is C1=CC2=NC(P(c3ccccc3)c3ccccc3)N(c3ccc([B-](c4ccccc4)(c4ccccc4)c4ccccc4)cc3)C2C=C1. The van der Waals surface area contributed by atoms with Gasteiger partial charge in [-0.3, -0.25) is 4.99 Å². The fourth-order valence-electron chi connectivity index (χ4n) is 7.60. The molecule has 0 spiro atoms. The minimum atomic E-state index is -1.44. The second-order valence-electron chi connectivity index (χ2n) is 12.2. The van der Waals surface area contributed by atoms with E-state index in [2.05, 4.69) is 205 Å². The van der Waals surface area contributed by atoms with Crippen LogP contribution in [0.2, 0.25) is 0 Å². The van der Waals surface area contributed by atoms with Gasteiger partial charge in [0, 0.05) is 13.6 Å². The molecule has 4 heteroatoms. The van der Waals surface area contributed by atoms with E-state index >= 15 is 0 Å². The third-order valence-corrected chi connectivity index (χ3v) is 12.2. The van der Waals surface area contributed by atoms with Gasteiger partial charge < -0.3 is 4.90 Å². The molecule has 1 heterocycles. The van der Waals surface area contributed by atoms with E-state index in [1.807, 2.05) is 0 Å². The number of fused-ring (bicyclic) bond motifs is 1. The van der Waals surface area contributed by atoms with Gasteiger partial charge in [-0.15, -0.1) is 0 Å². The van der Waals surface area contributed by atoms with Gasteiger partial charge in [-0.25, -0.2) is 0 Å². The van der Waals surface area contributed by atoms with Gasteiger partial charge in [-0.05, 0) is 28.8 Å². The summed E-state index contributed by atoms with van der Waals surface area (Å²) in [5.74, 6) is -0.0410. The molecule has 2 aliphatic rings. The fourth-order valence-corrected chi connectivity index (χ4v) is 10.2. The minimum Gasteiger partial charge on any atom is -0.333 e. The van der Waals surface area contributed by atoms with Crippen LogP contribution in [0.25, 0.3) is 0 Å². The summed E-state index contributed by atoms with van der Waals surface area (Å²) in [6.45, 7) is 0. The third kappa shape index (κ3) is 5.27. The number of hydrogen-bond acceptors (Lipinski definition) is 2. The molecule has 0 bridgehead atoms. The van der Waals surface area contributed by atoms with Crippen molar-refractivity contribution in [1.82, 2.24) is 0 Å². The Morgan fingerprint density at radius 2 is 0.894 bits per heavy atom. The van der Waals surface area contributed by atoms with Crippen molar-refractivity contribution in [3.05, 3.63) is 200 Å². The largest absolute Gasteiger partial charge is 0.333 e. The molecule has 2 unspecified atom stereocenters. The van der Waals surface area contributed by atoms with Crippen LogP contribution in [0, 0.1) is 0 Å². The summed E-state index contributed by atoms with van der Waals surface area (Å²) in [5.41, 5.74) is 7.51. The number of benzene rings is 6. The molecule has 0 radical (unpaired) electrons. The van der Waals surface area contributed by atoms with Crippen molar-refractivity contribution in [2.24, 2.45) is 4.99 Å². The molecule has 2 atom stereocenters. The zero-order chi connectivity index (χ0) is 31.5. The molecule has 0 N–H and O–H groups in total. The second kappa shape index (κ2) is 12.9. The molecule has 8 rings (SSSR count). The molecule has 1 aliphatic carbocycles. The topological polar surface area (TPSA) is 15.6 Å². The van der Waals surface area contributed by atoms with Crippen LogP contribution in [-0.4, -0.2) is 23.8 Å². The Labute approximate surface area is 279 Å². The minimum absolute atomic E-state index is 0.0410. The van der Waals surface area contributed by atoms with Crippen molar-refractivity contribution in [3.63, 3.8) is 0 Å². The quantitative estimate of drug-likeness (QED) is 0.145. The maximum absolute atomic E-state index is 5.47. The number of anilines is 1. The Bertz CT molecular complexity index is 1890. The highest BCUT2D eigenvalue weighted by Gasteiger charge is 2.40. The average Bonchev–Trinajstić information content (AvgIpc) is 3.53. The predicted molar refractivity (Wildman–Crippen MR) is 205 cm³/mol. The normalized spacial score (nSPS) is 17.0. The molecular formula is C43H35BN2P-. The molecular weight excluding hydrogens is 586 g/mol. The zero-order valence-corrected chi connectivity index (χ0v) is 27.0. The number of hydrogen-bond donors (Lipinski definition) is 0. The van der Waals surface area contributed by atoms with Crippen molar-refractivity contribution >= 4 is 57.9 Å². The van der Waals surface area contributed by atoms with E-state index in [-0.39, 0.29) is 11.9 Å². The van der Waals surface area contributed by atoms with Gasteiger partial charge in [0.1, 0.15) is 12.1 Å². The van der Waals surface area contributed by atoms with Crippen molar-refractivity contribution in [3.8, 4) is 0 Å². The van der Waals surface area contributed by atoms with Crippen molar-refractivity contribution < 1.29 is 0 Å². The highest BCUT2D eigenvalue weighted by atomic mass is 31.1. The summed E-state index contributed by atoms with van der Waals surface area (Å²) in [4.78, 5) is 8.02. The van der Waals surface area contributed by atoms with Crippen LogP contribution in [0.3, 0.4) is 0 Å². The van der Waals surface area contributed by atoms with Crippen LogP contribution in [0.15, 0.2) is 205 Å². The average molecular weight is 622 g/mol. The van der Waals surface area contributed by atoms with E-state index < -0.39 is 14.1 Å². The lowest BCUT2D eigenvalue weighted by atomic mass is 9.13. The molecule has 6 aromatic carbocycles. The van der Waals surface area contributed by atoms with Crippen LogP contribution in [0.4, 0.5) is 5.69 Å². The lowest BCUT2D eigenvalue weighted by molar-refractivity contribution is 0.828. The second-order valence-corrected chi connectivity index (χ2v) is 14.5. The summed E-state index contributed by atoms with van der Waals surface area (Å²) in [6.07, 6.45) is 7.31. The number of allylic oxidation sites excluding steroid dienone is 2. The number of nitrogens with zero attached hydrogens (tertiary/aromatic N) is 2. The Morgan fingerprint density at radius 3 is 1.36 bits per heavy atom. The summed E-state index contributed by atoms with van der Waals surface area (Å²) in [5, 5.41) is 2.66. The van der Waals surface area contributed by atoms with Gasteiger partial charge in [0.2, 0.25) is 0 Å². The molecule has 1 aliphatic heterocycles. The first kappa shape index (κ1) is 29.2. The van der Waals surface area contributed by atoms with Crippen molar-refractivity contribution in [2.75, 3.05) is 4.90 Å². The lowest BCUT2D eigenvalue weighted by Crippen LogP contribution is -2.74. The molecule has 2 nitrogen and oxygen atoms in total. The van der Waals surface area contributed by atoms with E-state index in [0.717, 1.165) is 5.71 Å². The third-order valence-electron chi connectivity index (χ3n) is 9.68. The van der Waals surface area contributed by atoms with Crippen LogP contribution < -0.4 is 37.4 Å². The highest BCUT2D eigenvalue weighted by Crippen LogP contribution is 2.47. The van der Waals surface area contributed by atoms with Crippen molar-refractivity contribution in [1.29, 1.82) is 0 Å². The summed E-state index contributed by atoms with van der Waals surface area (Å²) < 4.78 is 0. The Balaban J connectivity index is 1.29.